The summed E-state index contributed by atoms with van der Waals surface area (Å²) in [4.78, 5) is 34.7. The average Bonchev–Trinajstić information content (AvgIpc) is 2.97. The molecule has 2 N–H and O–H groups in total. The number of esters is 1. The smallest absolute Gasteiger partial charge is 0.322 e. The summed E-state index contributed by atoms with van der Waals surface area (Å²) in [6.45, 7) is 4.03. The largest absolute Gasteiger partial charge is 0.480 e. The summed E-state index contributed by atoms with van der Waals surface area (Å²) >= 11 is 0. The summed E-state index contributed by atoms with van der Waals surface area (Å²) in [5.41, 5.74) is 0. The first-order valence-electron chi connectivity index (χ1n) is 16.4. The van der Waals surface area contributed by atoms with Gasteiger partial charge in [-0.25, -0.2) is 0 Å². The van der Waals surface area contributed by atoms with Crippen LogP contribution < -0.4 is 5.32 Å². The number of amides is 1. The number of rotatable bonds is 28. The van der Waals surface area contributed by atoms with Crippen LogP contribution in [0.25, 0.3) is 0 Å². The van der Waals surface area contributed by atoms with Gasteiger partial charge in [-0.1, -0.05) is 113 Å². The fraction of sp³-hybridized carbons (Fsp3) is 0.639. The van der Waals surface area contributed by atoms with Gasteiger partial charge in [-0.15, -0.1) is 0 Å². The lowest BCUT2D eigenvalue weighted by atomic mass is 10.1. The predicted molar refractivity (Wildman–Crippen MR) is 175 cm³/mol. The maximum Gasteiger partial charge on any atom is 0.322 e. The molecular formula is C36H59NO5. The van der Waals surface area contributed by atoms with Gasteiger partial charge in [0.15, 0.2) is 0 Å². The van der Waals surface area contributed by atoms with Gasteiger partial charge in [0.2, 0.25) is 5.91 Å². The van der Waals surface area contributed by atoms with Crippen LogP contribution in [-0.2, 0) is 19.1 Å². The van der Waals surface area contributed by atoms with Crippen molar-refractivity contribution in [2.75, 3.05) is 6.54 Å². The Labute approximate surface area is 256 Å². The molecule has 0 rings (SSSR count). The fourth-order valence-corrected chi connectivity index (χ4v) is 4.26. The molecule has 0 aliphatic carbocycles. The predicted octanol–water partition coefficient (Wildman–Crippen LogP) is 9.33. The molecule has 0 aliphatic heterocycles. The van der Waals surface area contributed by atoms with Crippen LogP contribution in [0.15, 0.2) is 60.8 Å². The third kappa shape index (κ3) is 30.1. The molecule has 238 valence electrons. The van der Waals surface area contributed by atoms with Crippen molar-refractivity contribution in [2.45, 2.75) is 142 Å². The maximum absolute atomic E-state index is 12.5. The van der Waals surface area contributed by atoms with E-state index in [2.05, 4.69) is 73.8 Å². The number of carbonyl (C=O) groups excluding carboxylic acids is 2. The van der Waals surface area contributed by atoms with Gasteiger partial charge in [0.1, 0.15) is 12.6 Å². The summed E-state index contributed by atoms with van der Waals surface area (Å²) in [5, 5.41) is 11.0. The van der Waals surface area contributed by atoms with Gasteiger partial charge < -0.3 is 15.2 Å². The molecule has 0 aromatic heterocycles. The molecule has 1 amide bonds. The van der Waals surface area contributed by atoms with Crippen LogP contribution >= 0.6 is 0 Å². The number of aliphatic carboxylic acids is 1. The Bertz CT molecular complexity index is 825. The molecule has 42 heavy (non-hydrogen) atoms. The molecular weight excluding hydrogens is 526 g/mol. The van der Waals surface area contributed by atoms with E-state index in [0.29, 0.717) is 19.3 Å². The van der Waals surface area contributed by atoms with Gasteiger partial charge in [-0.05, 0) is 70.3 Å². The normalized spacial score (nSPS) is 12.8. The van der Waals surface area contributed by atoms with E-state index in [4.69, 9.17) is 9.84 Å². The van der Waals surface area contributed by atoms with Crippen molar-refractivity contribution in [1.82, 2.24) is 5.32 Å². The summed E-state index contributed by atoms with van der Waals surface area (Å²) in [6, 6.07) is 0. The first-order valence-corrected chi connectivity index (χ1v) is 16.4. The molecule has 0 saturated carbocycles. The Balaban J connectivity index is 4.37. The monoisotopic (exact) mass is 585 g/mol. The molecule has 6 nitrogen and oxygen atoms in total. The number of carbonyl (C=O) groups is 3. The standard InChI is InChI=1S/C36H59NO5/c1-3-5-7-9-11-13-14-15-16-17-19-21-27-31-36(41)42-33(28-24-20-18-12-10-8-6-4-2)29-25-22-23-26-30-34(38)37-32-35(39)40/h5,7,11,13,15-16,19,21,24,28,33H,3-4,6,8-10,12,14,17-18,20,22-23,25-27,29-32H2,1-2H3,(H,37,38)(H,39,40)/b7-5-,13-11-,16-15-,21-19-,28-24-. The van der Waals surface area contributed by atoms with E-state index in [-0.39, 0.29) is 24.5 Å². The molecule has 0 radical (unpaired) electrons. The van der Waals surface area contributed by atoms with Gasteiger partial charge in [0.05, 0.1) is 0 Å². The molecule has 6 heteroatoms. The lowest BCUT2D eigenvalue weighted by molar-refractivity contribution is -0.147. The molecule has 0 heterocycles. The molecule has 1 unspecified atom stereocenters. The van der Waals surface area contributed by atoms with Gasteiger partial charge >= 0.3 is 11.9 Å². The highest BCUT2D eigenvalue weighted by atomic mass is 16.5. The molecule has 0 spiro atoms. The summed E-state index contributed by atoms with van der Waals surface area (Å²) in [6.07, 6.45) is 39.2. The summed E-state index contributed by atoms with van der Waals surface area (Å²) < 4.78 is 5.81. The first kappa shape index (κ1) is 39.1. The summed E-state index contributed by atoms with van der Waals surface area (Å²) in [5.74, 6) is -1.43. The highest BCUT2D eigenvalue weighted by Gasteiger charge is 2.11. The van der Waals surface area contributed by atoms with Crippen LogP contribution in [-0.4, -0.2) is 35.6 Å². The Morgan fingerprint density at radius 2 is 1.26 bits per heavy atom. The topological polar surface area (TPSA) is 92.7 Å². The van der Waals surface area contributed by atoms with Crippen LogP contribution in [0.1, 0.15) is 136 Å². The Kier molecular flexibility index (Phi) is 28.9. The van der Waals surface area contributed by atoms with Crippen LogP contribution in [0.3, 0.4) is 0 Å². The van der Waals surface area contributed by atoms with E-state index in [1.165, 1.54) is 32.1 Å². The van der Waals surface area contributed by atoms with Gasteiger partial charge in [0.25, 0.3) is 0 Å². The van der Waals surface area contributed by atoms with E-state index >= 15 is 0 Å². The highest BCUT2D eigenvalue weighted by molar-refractivity contribution is 5.80. The molecule has 0 aliphatic rings. The zero-order valence-corrected chi connectivity index (χ0v) is 26.6. The zero-order chi connectivity index (χ0) is 30.9. The second-order valence-electron chi connectivity index (χ2n) is 10.7. The molecule has 0 aromatic carbocycles. The van der Waals surface area contributed by atoms with Gasteiger partial charge in [0, 0.05) is 12.8 Å². The number of carboxylic acid groups (broad SMARTS) is 1. The van der Waals surface area contributed by atoms with E-state index in [1.807, 2.05) is 6.08 Å². The number of hydrogen-bond donors (Lipinski definition) is 2. The van der Waals surface area contributed by atoms with Crippen LogP contribution in [0.5, 0.6) is 0 Å². The fourth-order valence-electron chi connectivity index (χ4n) is 4.26. The van der Waals surface area contributed by atoms with E-state index < -0.39 is 5.97 Å². The van der Waals surface area contributed by atoms with Crippen molar-refractivity contribution in [1.29, 1.82) is 0 Å². The third-order valence-corrected chi connectivity index (χ3v) is 6.67. The second-order valence-corrected chi connectivity index (χ2v) is 10.7. The lowest BCUT2D eigenvalue weighted by Gasteiger charge is -2.14. The van der Waals surface area contributed by atoms with Crippen LogP contribution in [0, 0.1) is 0 Å². The quantitative estimate of drug-likeness (QED) is 0.0542. The Morgan fingerprint density at radius 3 is 1.93 bits per heavy atom. The number of hydrogen-bond acceptors (Lipinski definition) is 4. The highest BCUT2D eigenvalue weighted by Crippen LogP contribution is 2.14. The van der Waals surface area contributed by atoms with Crippen molar-refractivity contribution < 1.29 is 24.2 Å². The number of allylic oxidation sites excluding steroid dienone is 9. The van der Waals surface area contributed by atoms with Crippen molar-refractivity contribution >= 4 is 17.8 Å². The minimum Gasteiger partial charge on any atom is -0.480 e. The minimum absolute atomic E-state index is 0.165. The van der Waals surface area contributed by atoms with Crippen LogP contribution in [0.4, 0.5) is 0 Å². The maximum atomic E-state index is 12.5. The Hall–Kier alpha value is -2.89. The minimum atomic E-state index is -1.04. The number of carboxylic acids is 1. The number of nitrogens with one attached hydrogen (secondary N) is 1. The van der Waals surface area contributed by atoms with Crippen molar-refractivity contribution in [2.24, 2.45) is 0 Å². The molecule has 0 saturated heterocycles. The zero-order valence-electron chi connectivity index (χ0n) is 26.6. The van der Waals surface area contributed by atoms with Crippen molar-refractivity contribution in [3.63, 3.8) is 0 Å². The van der Waals surface area contributed by atoms with E-state index in [9.17, 15) is 14.4 Å². The number of unbranched alkanes of at least 4 members (excludes halogenated alkanes) is 9. The second kappa shape index (κ2) is 31.1. The van der Waals surface area contributed by atoms with Crippen LogP contribution in [0.2, 0.25) is 0 Å². The third-order valence-electron chi connectivity index (χ3n) is 6.67. The molecule has 0 bridgehead atoms. The Morgan fingerprint density at radius 1 is 0.667 bits per heavy atom. The molecule has 0 aromatic rings. The average molecular weight is 586 g/mol. The SMILES string of the molecule is CC/C=C\C/C=C\C/C=C\C/C=C\CCC(=O)OC(/C=C\CCCCCCCC)CCCCCCC(=O)NCC(=O)O. The van der Waals surface area contributed by atoms with E-state index in [0.717, 1.165) is 70.6 Å². The molecule has 1 atom stereocenters. The lowest BCUT2D eigenvalue weighted by Crippen LogP contribution is -2.28. The first-order chi connectivity index (χ1) is 20.5. The van der Waals surface area contributed by atoms with Gasteiger partial charge in [-0.2, -0.15) is 0 Å². The van der Waals surface area contributed by atoms with Crippen molar-refractivity contribution in [3.8, 4) is 0 Å². The summed E-state index contributed by atoms with van der Waals surface area (Å²) in [7, 11) is 0. The van der Waals surface area contributed by atoms with Gasteiger partial charge in [-0.3, -0.25) is 14.4 Å². The van der Waals surface area contributed by atoms with E-state index in [1.54, 1.807) is 0 Å². The van der Waals surface area contributed by atoms with Crippen molar-refractivity contribution in [3.05, 3.63) is 60.8 Å². The number of ether oxygens (including phenoxy) is 1. The molecule has 0 fully saturated rings.